The molecule has 7 nitrogen and oxygen atoms in total. The first-order valence-corrected chi connectivity index (χ1v) is 7.32. The highest BCUT2D eigenvalue weighted by Gasteiger charge is 2.29. The number of rotatable bonds is 6. The molecular formula is C14H26ClN3O4. The molecule has 1 rings (SSSR count). The van der Waals surface area contributed by atoms with Crippen LogP contribution in [0.1, 0.15) is 19.8 Å². The molecule has 8 heteroatoms. The monoisotopic (exact) mass is 335 g/mol. The number of piperidine rings is 1. The fraction of sp³-hybridized carbons (Fsp3) is 0.786. The Balaban J connectivity index is 0.00000441. The molecule has 1 aliphatic rings. The predicted molar refractivity (Wildman–Crippen MR) is 84.7 cm³/mol. The lowest BCUT2D eigenvalue weighted by molar-refractivity contribution is -0.152. The maximum absolute atomic E-state index is 12.2. The summed E-state index contributed by atoms with van der Waals surface area (Å²) in [4.78, 5) is 38.6. The van der Waals surface area contributed by atoms with Gasteiger partial charge in [0, 0.05) is 20.1 Å². The molecule has 0 aromatic rings. The average molecular weight is 336 g/mol. The molecule has 22 heavy (non-hydrogen) atoms. The molecule has 1 heterocycles. The molecule has 1 saturated heterocycles. The van der Waals surface area contributed by atoms with Crippen LogP contribution in [-0.2, 0) is 19.1 Å². The summed E-state index contributed by atoms with van der Waals surface area (Å²) in [7, 11) is 3.28. The van der Waals surface area contributed by atoms with Crippen molar-refractivity contribution in [3.05, 3.63) is 0 Å². The van der Waals surface area contributed by atoms with Gasteiger partial charge in [0.2, 0.25) is 11.8 Å². The Labute approximate surface area is 137 Å². The van der Waals surface area contributed by atoms with E-state index < -0.39 is 0 Å². The van der Waals surface area contributed by atoms with Crippen LogP contribution in [0.15, 0.2) is 0 Å². The normalized spacial score (nSPS) is 17.4. The third-order valence-corrected chi connectivity index (χ3v) is 3.52. The predicted octanol–water partition coefficient (Wildman–Crippen LogP) is -0.112. The van der Waals surface area contributed by atoms with Crippen LogP contribution in [0.2, 0.25) is 0 Å². The summed E-state index contributed by atoms with van der Waals surface area (Å²) >= 11 is 0. The van der Waals surface area contributed by atoms with E-state index in [9.17, 15) is 14.4 Å². The maximum atomic E-state index is 12.2. The Bertz CT molecular complexity index is 392. The number of ether oxygens (including phenoxy) is 1. The van der Waals surface area contributed by atoms with Crippen molar-refractivity contribution < 1.29 is 19.1 Å². The Hall–Kier alpha value is -1.34. The Morgan fingerprint density at radius 1 is 1.36 bits per heavy atom. The van der Waals surface area contributed by atoms with Gasteiger partial charge in [0.15, 0.2) is 0 Å². The fourth-order valence-electron chi connectivity index (χ4n) is 2.33. The molecular weight excluding hydrogens is 310 g/mol. The number of carbonyl (C=O) groups excluding carboxylic acids is 3. The molecule has 128 valence electrons. The standard InChI is InChI=1S/C14H25N3O4.ClH/c1-4-21-14(20)11-6-5-7-17(9-11)13(19)10-16(3)12(18)8-15-2;/h11,15H,4-10H2,1-3H3;1H. The molecule has 1 fully saturated rings. The minimum atomic E-state index is -0.249. The van der Waals surface area contributed by atoms with E-state index in [0.29, 0.717) is 19.7 Å². The zero-order valence-corrected chi connectivity index (χ0v) is 14.3. The number of nitrogens with one attached hydrogen (secondary N) is 1. The highest BCUT2D eigenvalue weighted by Crippen LogP contribution is 2.18. The molecule has 1 aliphatic heterocycles. The van der Waals surface area contributed by atoms with Gasteiger partial charge in [-0.3, -0.25) is 14.4 Å². The van der Waals surface area contributed by atoms with Crippen molar-refractivity contribution in [3.63, 3.8) is 0 Å². The van der Waals surface area contributed by atoms with Gasteiger partial charge in [-0.05, 0) is 26.8 Å². The number of hydrogen-bond donors (Lipinski definition) is 1. The van der Waals surface area contributed by atoms with Crippen molar-refractivity contribution in [2.45, 2.75) is 19.8 Å². The van der Waals surface area contributed by atoms with Crippen LogP contribution in [0.5, 0.6) is 0 Å². The smallest absolute Gasteiger partial charge is 0.310 e. The second-order valence-corrected chi connectivity index (χ2v) is 5.21. The number of amides is 2. The summed E-state index contributed by atoms with van der Waals surface area (Å²) in [6.45, 7) is 3.37. The first-order valence-electron chi connectivity index (χ1n) is 7.32. The summed E-state index contributed by atoms with van der Waals surface area (Å²) in [5.74, 6) is -0.753. The van der Waals surface area contributed by atoms with Crippen molar-refractivity contribution in [1.29, 1.82) is 0 Å². The SMILES string of the molecule is CCOC(=O)C1CCCN(C(=O)CN(C)C(=O)CNC)C1.Cl. The number of hydrogen-bond acceptors (Lipinski definition) is 5. The quantitative estimate of drug-likeness (QED) is 0.685. The van der Waals surface area contributed by atoms with Gasteiger partial charge in [-0.25, -0.2) is 0 Å². The third-order valence-electron chi connectivity index (χ3n) is 3.52. The van der Waals surface area contributed by atoms with E-state index >= 15 is 0 Å². The lowest BCUT2D eigenvalue weighted by Gasteiger charge is -2.32. The molecule has 0 bridgehead atoms. The lowest BCUT2D eigenvalue weighted by atomic mass is 9.98. The molecule has 1 atom stereocenters. The Morgan fingerprint density at radius 3 is 2.64 bits per heavy atom. The van der Waals surface area contributed by atoms with Gasteiger partial charge in [-0.15, -0.1) is 12.4 Å². The van der Waals surface area contributed by atoms with Crippen molar-refractivity contribution in [2.24, 2.45) is 5.92 Å². The van der Waals surface area contributed by atoms with Gasteiger partial charge in [-0.2, -0.15) is 0 Å². The second-order valence-electron chi connectivity index (χ2n) is 5.21. The third kappa shape index (κ3) is 6.19. The highest BCUT2D eigenvalue weighted by atomic mass is 35.5. The summed E-state index contributed by atoms with van der Waals surface area (Å²) in [6, 6.07) is 0. The van der Waals surface area contributed by atoms with E-state index in [4.69, 9.17) is 4.74 Å². The van der Waals surface area contributed by atoms with Crippen LogP contribution in [0.25, 0.3) is 0 Å². The van der Waals surface area contributed by atoms with Crippen LogP contribution < -0.4 is 5.32 Å². The molecule has 0 aromatic carbocycles. The van der Waals surface area contributed by atoms with E-state index in [0.717, 1.165) is 12.8 Å². The summed E-state index contributed by atoms with van der Waals surface area (Å²) in [5.41, 5.74) is 0. The van der Waals surface area contributed by atoms with Gasteiger partial charge in [-0.1, -0.05) is 0 Å². The molecule has 0 aromatic heterocycles. The molecule has 2 amide bonds. The minimum absolute atomic E-state index is 0. The Morgan fingerprint density at radius 2 is 2.05 bits per heavy atom. The van der Waals surface area contributed by atoms with Crippen LogP contribution in [0.3, 0.4) is 0 Å². The molecule has 0 aliphatic carbocycles. The van der Waals surface area contributed by atoms with E-state index in [1.165, 1.54) is 4.90 Å². The second kappa shape index (κ2) is 10.4. The van der Waals surface area contributed by atoms with Crippen LogP contribution in [-0.4, -0.2) is 74.5 Å². The maximum Gasteiger partial charge on any atom is 0.310 e. The van der Waals surface area contributed by atoms with Gasteiger partial charge in [0.1, 0.15) is 0 Å². The number of esters is 1. The highest BCUT2D eigenvalue weighted by molar-refractivity contribution is 5.86. The lowest BCUT2D eigenvalue weighted by Crippen LogP contribution is -2.48. The van der Waals surface area contributed by atoms with Gasteiger partial charge in [0.25, 0.3) is 0 Å². The van der Waals surface area contributed by atoms with Crippen LogP contribution in [0, 0.1) is 5.92 Å². The van der Waals surface area contributed by atoms with Crippen LogP contribution >= 0.6 is 12.4 Å². The fourth-order valence-corrected chi connectivity index (χ4v) is 2.33. The molecule has 1 N–H and O–H groups in total. The van der Waals surface area contributed by atoms with Crippen LogP contribution in [0.4, 0.5) is 0 Å². The summed E-state index contributed by atoms with van der Waals surface area (Å²) in [6.07, 6.45) is 1.53. The molecule has 0 saturated carbocycles. The minimum Gasteiger partial charge on any atom is -0.466 e. The first-order chi connectivity index (χ1) is 9.99. The molecule has 0 spiro atoms. The van der Waals surface area contributed by atoms with Crippen molar-refractivity contribution in [1.82, 2.24) is 15.1 Å². The van der Waals surface area contributed by atoms with Crippen molar-refractivity contribution >= 4 is 30.2 Å². The number of nitrogens with zero attached hydrogens (tertiary/aromatic N) is 2. The van der Waals surface area contributed by atoms with E-state index in [2.05, 4.69) is 5.32 Å². The van der Waals surface area contributed by atoms with Gasteiger partial charge < -0.3 is 19.9 Å². The summed E-state index contributed by atoms with van der Waals surface area (Å²) in [5, 5.41) is 2.76. The van der Waals surface area contributed by atoms with Gasteiger partial charge >= 0.3 is 5.97 Å². The molecule has 1 unspecified atom stereocenters. The molecule has 0 radical (unpaired) electrons. The number of likely N-dealkylation sites (N-methyl/N-ethyl adjacent to an activating group) is 2. The zero-order chi connectivity index (χ0) is 15.8. The van der Waals surface area contributed by atoms with Crippen molar-refractivity contribution in [2.75, 3.05) is 46.9 Å². The Kier molecular flexibility index (Phi) is 9.76. The topological polar surface area (TPSA) is 79.0 Å². The number of halogens is 1. The number of likely N-dealkylation sites (tertiary alicyclic amines) is 1. The summed E-state index contributed by atoms with van der Waals surface area (Å²) < 4.78 is 5.01. The van der Waals surface area contributed by atoms with E-state index in [1.807, 2.05) is 0 Å². The number of carbonyl (C=O) groups is 3. The van der Waals surface area contributed by atoms with Crippen molar-refractivity contribution in [3.8, 4) is 0 Å². The average Bonchev–Trinajstić information content (AvgIpc) is 2.47. The largest absolute Gasteiger partial charge is 0.466 e. The van der Waals surface area contributed by atoms with Gasteiger partial charge in [0.05, 0.1) is 25.6 Å². The van der Waals surface area contributed by atoms with E-state index in [1.54, 1.807) is 25.9 Å². The zero-order valence-electron chi connectivity index (χ0n) is 13.5. The first kappa shape index (κ1) is 20.7. The van der Waals surface area contributed by atoms with E-state index in [-0.39, 0.29) is 49.2 Å².